The number of aryl methyl sites for hydroxylation is 1. The molecule has 0 saturated carbocycles. The second kappa shape index (κ2) is 6.16. The third kappa shape index (κ3) is 3.13. The number of nitrogens with zero attached hydrogens (tertiary/aromatic N) is 3. The van der Waals surface area contributed by atoms with Crippen LogP contribution in [0.5, 0.6) is 0 Å². The molecule has 0 bridgehead atoms. The second-order valence-electron chi connectivity index (χ2n) is 4.82. The van der Waals surface area contributed by atoms with E-state index < -0.39 is 0 Å². The molecule has 0 radical (unpaired) electrons. The molecule has 0 aliphatic carbocycles. The number of esters is 1. The Kier molecular flexibility index (Phi) is 4.55. The van der Waals surface area contributed by atoms with E-state index in [0.29, 0.717) is 13.2 Å². The van der Waals surface area contributed by atoms with E-state index in [1.807, 2.05) is 31.8 Å². The topological polar surface area (TPSA) is 59.4 Å². The van der Waals surface area contributed by atoms with Gasteiger partial charge in [-0.15, -0.1) is 0 Å². The van der Waals surface area contributed by atoms with Crippen molar-refractivity contribution in [3.63, 3.8) is 0 Å². The molecule has 0 aromatic carbocycles. The number of piperazine rings is 1. The van der Waals surface area contributed by atoms with Crippen LogP contribution in [-0.4, -0.2) is 52.9 Å². The van der Waals surface area contributed by atoms with Crippen molar-refractivity contribution in [2.45, 2.75) is 26.4 Å². The fourth-order valence-electron chi connectivity index (χ4n) is 2.32. The number of carbonyl (C=O) groups excluding carboxylic acids is 1. The fraction of sp³-hybridized carbons (Fsp3) is 0.692. The SMILES string of the molecule is CCOC(=O)C1CNCCN1Cc1cnn(C)c1C. The van der Waals surface area contributed by atoms with Crippen LogP contribution in [0.1, 0.15) is 18.2 Å². The maximum absolute atomic E-state index is 12.0. The molecule has 1 atom stereocenters. The molecule has 2 rings (SSSR count). The minimum atomic E-state index is -0.201. The molecule has 1 N–H and O–H groups in total. The van der Waals surface area contributed by atoms with Crippen molar-refractivity contribution in [1.29, 1.82) is 0 Å². The van der Waals surface area contributed by atoms with E-state index >= 15 is 0 Å². The van der Waals surface area contributed by atoms with Crippen molar-refractivity contribution >= 4 is 5.97 Å². The maximum Gasteiger partial charge on any atom is 0.324 e. The highest BCUT2D eigenvalue weighted by Gasteiger charge is 2.30. The summed E-state index contributed by atoms with van der Waals surface area (Å²) in [5, 5.41) is 7.49. The Balaban J connectivity index is 2.07. The predicted octanol–water partition coefficient (Wildman–Crippen LogP) is 0.0654. The van der Waals surface area contributed by atoms with Crippen LogP contribution in [0.15, 0.2) is 6.20 Å². The molecule has 1 aromatic heterocycles. The summed E-state index contributed by atoms with van der Waals surface area (Å²) in [6.45, 7) is 7.44. The van der Waals surface area contributed by atoms with Crippen LogP contribution in [0.3, 0.4) is 0 Å². The molecule has 6 nitrogen and oxygen atoms in total. The van der Waals surface area contributed by atoms with Gasteiger partial charge in [0.1, 0.15) is 6.04 Å². The summed E-state index contributed by atoms with van der Waals surface area (Å²) < 4.78 is 7.00. The van der Waals surface area contributed by atoms with Crippen molar-refractivity contribution < 1.29 is 9.53 Å². The van der Waals surface area contributed by atoms with Crippen LogP contribution in [0.4, 0.5) is 0 Å². The number of rotatable bonds is 4. The molecule has 1 aromatic rings. The number of carbonyl (C=O) groups is 1. The van der Waals surface area contributed by atoms with Gasteiger partial charge in [-0.25, -0.2) is 0 Å². The third-order valence-electron chi connectivity index (χ3n) is 3.62. The molecular formula is C13H22N4O2. The molecule has 1 aliphatic heterocycles. The molecule has 1 unspecified atom stereocenters. The zero-order valence-electron chi connectivity index (χ0n) is 11.8. The molecule has 6 heteroatoms. The summed E-state index contributed by atoms with van der Waals surface area (Å²) in [4.78, 5) is 14.1. The van der Waals surface area contributed by atoms with Gasteiger partial charge in [0.15, 0.2) is 0 Å². The highest BCUT2D eigenvalue weighted by Crippen LogP contribution is 2.14. The monoisotopic (exact) mass is 266 g/mol. The van der Waals surface area contributed by atoms with E-state index in [0.717, 1.165) is 25.3 Å². The van der Waals surface area contributed by atoms with Gasteiger partial charge >= 0.3 is 5.97 Å². The summed E-state index contributed by atoms with van der Waals surface area (Å²) in [7, 11) is 1.93. The Morgan fingerprint density at radius 2 is 2.42 bits per heavy atom. The van der Waals surface area contributed by atoms with Gasteiger partial charge in [0, 0.05) is 44.5 Å². The van der Waals surface area contributed by atoms with Crippen molar-refractivity contribution in [1.82, 2.24) is 20.0 Å². The van der Waals surface area contributed by atoms with Crippen LogP contribution in [0.25, 0.3) is 0 Å². The molecule has 1 saturated heterocycles. The minimum absolute atomic E-state index is 0.142. The second-order valence-corrected chi connectivity index (χ2v) is 4.82. The standard InChI is InChI=1S/C13H22N4O2/c1-4-19-13(18)12-8-14-5-6-17(12)9-11-7-15-16(3)10(11)2/h7,12,14H,4-6,8-9H2,1-3H3. The Hall–Kier alpha value is -1.40. The van der Waals surface area contributed by atoms with E-state index in [4.69, 9.17) is 4.74 Å². The first-order valence-electron chi connectivity index (χ1n) is 6.72. The Morgan fingerprint density at radius 1 is 1.63 bits per heavy atom. The number of aromatic nitrogens is 2. The summed E-state index contributed by atoms with van der Waals surface area (Å²) in [5.74, 6) is -0.142. The zero-order chi connectivity index (χ0) is 13.8. The Labute approximate surface area is 113 Å². The number of hydrogen-bond donors (Lipinski definition) is 1. The molecule has 0 amide bonds. The lowest BCUT2D eigenvalue weighted by molar-refractivity contribution is -0.150. The predicted molar refractivity (Wildman–Crippen MR) is 71.6 cm³/mol. The molecule has 106 valence electrons. The average Bonchev–Trinajstić information content (AvgIpc) is 2.72. The van der Waals surface area contributed by atoms with Crippen molar-refractivity contribution in [3.05, 3.63) is 17.5 Å². The molecule has 1 aliphatic rings. The quantitative estimate of drug-likeness (QED) is 0.781. The number of ether oxygens (including phenoxy) is 1. The summed E-state index contributed by atoms with van der Waals surface area (Å²) in [5.41, 5.74) is 2.31. The van der Waals surface area contributed by atoms with Crippen molar-refractivity contribution in [2.75, 3.05) is 26.2 Å². The van der Waals surface area contributed by atoms with Gasteiger partial charge in [-0.1, -0.05) is 0 Å². The number of nitrogens with one attached hydrogen (secondary N) is 1. The van der Waals surface area contributed by atoms with Crippen LogP contribution >= 0.6 is 0 Å². The lowest BCUT2D eigenvalue weighted by Gasteiger charge is -2.34. The van der Waals surface area contributed by atoms with Gasteiger partial charge < -0.3 is 10.1 Å². The van der Waals surface area contributed by atoms with Gasteiger partial charge in [-0.3, -0.25) is 14.4 Å². The first-order valence-corrected chi connectivity index (χ1v) is 6.72. The van der Waals surface area contributed by atoms with E-state index in [1.54, 1.807) is 0 Å². The van der Waals surface area contributed by atoms with Crippen molar-refractivity contribution in [2.24, 2.45) is 7.05 Å². The smallest absolute Gasteiger partial charge is 0.324 e. The first kappa shape index (κ1) is 14.0. The van der Waals surface area contributed by atoms with E-state index in [2.05, 4.69) is 15.3 Å². The van der Waals surface area contributed by atoms with Gasteiger partial charge in [0.05, 0.1) is 12.8 Å². The lowest BCUT2D eigenvalue weighted by atomic mass is 10.1. The Morgan fingerprint density at radius 3 is 3.05 bits per heavy atom. The first-order chi connectivity index (χ1) is 9.13. The molecule has 19 heavy (non-hydrogen) atoms. The van der Waals surface area contributed by atoms with E-state index in [9.17, 15) is 4.79 Å². The minimum Gasteiger partial charge on any atom is -0.465 e. The van der Waals surface area contributed by atoms with Gasteiger partial charge in [0.25, 0.3) is 0 Å². The van der Waals surface area contributed by atoms with Crippen molar-refractivity contribution in [3.8, 4) is 0 Å². The van der Waals surface area contributed by atoms with Crippen LogP contribution < -0.4 is 5.32 Å². The zero-order valence-corrected chi connectivity index (χ0v) is 11.8. The number of hydrogen-bond acceptors (Lipinski definition) is 5. The fourth-order valence-corrected chi connectivity index (χ4v) is 2.32. The lowest BCUT2D eigenvalue weighted by Crippen LogP contribution is -2.54. The summed E-state index contributed by atoms with van der Waals surface area (Å²) in [6.07, 6.45) is 1.87. The molecular weight excluding hydrogens is 244 g/mol. The largest absolute Gasteiger partial charge is 0.465 e. The van der Waals surface area contributed by atoms with E-state index in [-0.39, 0.29) is 12.0 Å². The average molecular weight is 266 g/mol. The van der Waals surface area contributed by atoms with Crippen LogP contribution in [0, 0.1) is 6.92 Å². The summed E-state index contributed by atoms with van der Waals surface area (Å²) in [6, 6.07) is -0.201. The van der Waals surface area contributed by atoms with Crippen LogP contribution in [0.2, 0.25) is 0 Å². The van der Waals surface area contributed by atoms with Gasteiger partial charge in [-0.05, 0) is 13.8 Å². The molecule has 1 fully saturated rings. The highest BCUT2D eigenvalue weighted by atomic mass is 16.5. The summed E-state index contributed by atoms with van der Waals surface area (Å²) >= 11 is 0. The molecule has 0 spiro atoms. The highest BCUT2D eigenvalue weighted by molar-refractivity contribution is 5.76. The third-order valence-corrected chi connectivity index (χ3v) is 3.62. The Bertz CT molecular complexity index is 444. The van der Waals surface area contributed by atoms with Crippen LogP contribution in [-0.2, 0) is 23.1 Å². The van der Waals surface area contributed by atoms with E-state index in [1.165, 1.54) is 5.56 Å². The normalized spacial score (nSPS) is 20.5. The molecule has 2 heterocycles. The van der Waals surface area contributed by atoms with Gasteiger partial charge in [-0.2, -0.15) is 5.10 Å². The van der Waals surface area contributed by atoms with Gasteiger partial charge in [0.2, 0.25) is 0 Å². The maximum atomic E-state index is 12.0.